The molecule has 2 fully saturated rings. The molecule has 156 valence electrons. The van der Waals surface area contributed by atoms with Gasteiger partial charge in [-0.25, -0.2) is 13.4 Å². The van der Waals surface area contributed by atoms with E-state index < -0.39 is 10.0 Å². The normalized spacial score (nSPS) is 24.6. The standard InChI is InChI=1S/C21H28N4O3S/c1-17-15-24(16-20(28-17)18-6-4-3-5-7-18)21-9-8-19(14-22-21)29(26,27)25-12-10-23(2)11-13-25/h3-9,14,17,20H,10-13,15-16H2,1-2H3. The molecule has 2 saturated heterocycles. The molecule has 0 spiro atoms. The first-order valence-electron chi connectivity index (χ1n) is 10.0. The van der Waals surface area contributed by atoms with Gasteiger partial charge in [-0.2, -0.15) is 4.31 Å². The zero-order valence-electron chi connectivity index (χ0n) is 16.9. The number of anilines is 1. The van der Waals surface area contributed by atoms with Crippen LogP contribution in [0.25, 0.3) is 0 Å². The van der Waals surface area contributed by atoms with Gasteiger partial charge in [0.15, 0.2) is 0 Å². The zero-order chi connectivity index (χ0) is 20.4. The number of hydrogen-bond acceptors (Lipinski definition) is 6. The molecular formula is C21H28N4O3S. The lowest BCUT2D eigenvalue weighted by Gasteiger charge is -2.37. The van der Waals surface area contributed by atoms with Gasteiger partial charge in [-0.3, -0.25) is 0 Å². The van der Waals surface area contributed by atoms with E-state index in [4.69, 9.17) is 4.74 Å². The number of ether oxygens (including phenoxy) is 1. The Morgan fingerprint density at radius 3 is 2.38 bits per heavy atom. The smallest absolute Gasteiger partial charge is 0.244 e. The van der Waals surface area contributed by atoms with E-state index in [1.165, 1.54) is 6.20 Å². The number of piperazine rings is 1. The minimum atomic E-state index is -3.50. The lowest BCUT2D eigenvalue weighted by molar-refractivity contribution is -0.0176. The fourth-order valence-corrected chi connectivity index (χ4v) is 5.25. The van der Waals surface area contributed by atoms with Crippen molar-refractivity contribution in [3.63, 3.8) is 0 Å². The minimum Gasteiger partial charge on any atom is -0.367 e. The number of morpholine rings is 1. The highest BCUT2D eigenvalue weighted by Crippen LogP contribution is 2.28. The Balaban J connectivity index is 1.50. The molecule has 1 aromatic carbocycles. The quantitative estimate of drug-likeness (QED) is 0.759. The minimum absolute atomic E-state index is 0.0319. The van der Waals surface area contributed by atoms with Crippen molar-refractivity contribution in [2.24, 2.45) is 0 Å². The van der Waals surface area contributed by atoms with Gasteiger partial charge >= 0.3 is 0 Å². The monoisotopic (exact) mass is 416 g/mol. The summed E-state index contributed by atoms with van der Waals surface area (Å²) in [4.78, 5) is 9.05. The van der Waals surface area contributed by atoms with Crippen molar-refractivity contribution in [2.45, 2.75) is 24.0 Å². The molecule has 2 unspecified atom stereocenters. The average Bonchev–Trinajstić information content (AvgIpc) is 2.74. The van der Waals surface area contributed by atoms with Gasteiger partial charge in [0.1, 0.15) is 16.8 Å². The Labute approximate surface area is 172 Å². The van der Waals surface area contributed by atoms with E-state index in [0.29, 0.717) is 19.6 Å². The number of aromatic nitrogens is 1. The third-order valence-corrected chi connectivity index (χ3v) is 7.46. The van der Waals surface area contributed by atoms with Gasteiger partial charge in [0.2, 0.25) is 10.0 Å². The highest BCUT2D eigenvalue weighted by molar-refractivity contribution is 7.89. The van der Waals surface area contributed by atoms with Crippen LogP contribution in [-0.4, -0.2) is 75.0 Å². The number of sulfonamides is 1. The van der Waals surface area contributed by atoms with Crippen molar-refractivity contribution in [1.82, 2.24) is 14.2 Å². The van der Waals surface area contributed by atoms with E-state index in [-0.39, 0.29) is 17.1 Å². The van der Waals surface area contributed by atoms with Crippen molar-refractivity contribution in [1.29, 1.82) is 0 Å². The molecule has 0 bridgehead atoms. The van der Waals surface area contributed by atoms with Gasteiger partial charge in [0, 0.05) is 45.5 Å². The summed E-state index contributed by atoms with van der Waals surface area (Å²) in [5.74, 6) is 0.776. The summed E-state index contributed by atoms with van der Waals surface area (Å²) in [5, 5.41) is 0. The van der Waals surface area contributed by atoms with Gasteiger partial charge in [-0.1, -0.05) is 30.3 Å². The lowest BCUT2D eigenvalue weighted by Crippen LogP contribution is -2.47. The summed E-state index contributed by atoms with van der Waals surface area (Å²) in [6, 6.07) is 13.6. The summed E-state index contributed by atoms with van der Waals surface area (Å²) in [6.07, 6.45) is 1.51. The Morgan fingerprint density at radius 1 is 1.00 bits per heavy atom. The van der Waals surface area contributed by atoms with E-state index in [9.17, 15) is 8.42 Å². The SMILES string of the molecule is CC1CN(c2ccc(S(=O)(=O)N3CCN(C)CC3)cn2)CC(c2ccccc2)O1. The second kappa shape index (κ2) is 8.39. The highest BCUT2D eigenvalue weighted by atomic mass is 32.2. The maximum Gasteiger partial charge on any atom is 0.244 e. The topological polar surface area (TPSA) is 66.0 Å². The molecule has 0 amide bonds. The average molecular weight is 417 g/mol. The van der Waals surface area contributed by atoms with Crippen LogP contribution in [0.2, 0.25) is 0 Å². The van der Waals surface area contributed by atoms with Crippen molar-refractivity contribution < 1.29 is 13.2 Å². The van der Waals surface area contributed by atoms with Crippen LogP contribution in [0.1, 0.15) is 18.6 Å². The van der Waals surface area contributed by atoms with Gasteiger partial charge < -0.3 is 14.5 Å². The Hall–Kier alpha value is -2.00. The molecule has 2 atom stereocenters. The number of rotatable bonds is 4. The molecule has 2 aromatic rings. The first-order valence-corrected chi connectivity index (χ1v) is 11.5. The molecule has 29 heavy (non-hydrogen) atoms. The predicted octanol–water partition coefficient (Wildman–Crippen LogP) is 1.98. The van der Waals surface area contributed by atoms with E-state index >= 15 is 0 Å². The number of benzene rings is 1. The number of hydrogen-bond donors (Lipinski definition) is 0. The molecule has 0 N–H and O–H groups in total. The van der Waals surface area contributed by atoms with Crippen LogP contribution >= 0.6 is 0 Å². The molecule has 2 aliphatic rings. The maximum atomic E-state index is 12.9. The molecule has 0 aliphatic carbocycles. The molecular weight excluding hydrogens is 388 g/mol. The predicted molar refractivity (Wildman–Crippen MR) is 112 cm³/mol. The second-order valence-corrected chi connectivity index (χ2v) is 9.75. The Kier molecular flexibility index (Phi) is 5.87. The Morgan fingerprint density at radius 2 is 1.72 bits per heavy atom. The number of pyridine rings is 1. The lowest BCUT2D eigenvalue weighted by atomic mass is 10.1. The van der Waals surface area contributed by atoms with E-state index in [0.717, 1.165) is 31.0 Å². The molecule has 3 heterocycles. The van der Waals surface area contributed by atoms with Gasteiger partial charge in [-0.15, -0.1) is 0 Å². The summed E-state index contributed by atoms with van der Waals surface area (Å²) < 4.78 is 33.5. The van der Waals surface area contributed by atoms with Crippen LogP contribution in [0.4, 0.5) is 5.82 Å². The van der Waals surface area contributed by atoms with Crippen LogP contribution in [0.15, 0.2) is 53.6 Å². The molecule has 7 nitrogen and oxygen atoms in total. The molecule has 4 rings (SSSR count). The molecule has 1 aromatic heterocycles. The second-order valence-electron chi connectivity index (χ2n) is 7.81. The fraction of sp³-hybridized carbons (Fsp3) is 0.476. The molecule has 2 aliphatic heterocycles. The highest BCUT2D eigenvalue weighted by Gasteiger charge is 2.30. The fourth-order valence-electron chi connectivity index (χ4n) is 3.88. The first-order chi connectivity index (χ1) is 13.9. The third-order valence-electron chi connectivity index (χ3n) is 5.58. The van der Waals surface area contributed by atoms with Crippen molar-refractivity contribution in [2.75, 3.05) is 51.2 Å². The molecule has 8 heteroatoms. The maximum absolute atomic E-state index is 12.9. The third kappa shape index (κ3) is 4.45. The van der Waals surface area contributed by atoms with Crippen molar-refractivity contribution in [3.8, 4) is 0 Å². The summed E-state index contributed by atoms with van der Waals surface area (Å²) >= 11 is 0. The van der Waals surface area contributed by atoms with Gasteiger partial charge in [-0.05, 0) is 31.7 Å². The summed E-state index contributed by atoms with van der Waals surface area (Å²) in [5.41, 5.74) is 1.14. The summed E-state index contributed by atoms with van der Waals surface area (Å²) in [6.45, 7) is 5.98. The number of likely N-dealkylation sites (N-methyl/N-ethyl adjacent to an activating group) is 1. The summed E-state index contributed by atoms with van der Waals surface area (Å²) in [7, 11) is -1.49. The van der Waals surface area contributed by atoms with Crippen LogP contribution < -0.4 is 4.90 Å². The van der Waals surface area contributed by atoms with Crippen molar-refractivity contribution in [3.05, 3.63) is 54.2 Å². The zero-order valence-corrected chi connectivity index (χ0v) is 17.8. The van der Waals surface area contributed by atoms with Crippen LogP contribution in [0.5, 0.6) is 0 Å². The van der Waals surface area contributed by atoms with Gasteiger partial charge in [0.05, 0.1) is 6.10 Å². The Bertz CT molecular complexity index is 913. The van der Waals surface area contributed by atoms with Crippen LogP contribution in [0.3, 0.4) is 0 Å². The van der Waals surface area contributed by atoms with E-state index in [2.05, 4.69) is 26.9 Å². The van der Waals surface area contributed by atoms with E-state index in [1.54, 1.807) is 10.4 Å². The van der Waals surface area contributed by atoms with Crippen LogP contribution in [0, 0.1) is 0 Å². The van der Waals surface area contributed by atoms with E-state index in [1.807, 2.05) is 38.2 Å². The number of nitrogens with zero attached hydrogens (tertiary/aromatic N) is 4. The van der Waals surface area contributed by atoms with Crippen LogP contribution in [-0.2, 0) is 14.8 Å². The van der Waals surface area contributed by atoms with Gasteiger partial charge in [0.25, 0.3) is 0 Å². The van der Waals surface area contributed by atoms with Crippen molar-refractivity contribution >= 4 is 15.8 Å². The molecule has 0 radical (unpaired) electrons. The largest absolute Gasteiger partial charge is 0.367 e. The molecule has 0 saturated carbocycles. The first kappa shape index (κ1) is 20.3.